The number of nitrogens with zero attached hydrogens (tertiary/aromatic N) is 2. The smallest absolute Gasteiger partial charge is 0.126 e. The van der Waals surface area contributed by atoms with Crippen molar-refractivity contribution in [1.29, 1.82) is 0 Å². The highest BCUT2D eigenvalue weighted by Crippen LogP contribution is 2.16. The molecule has 0 amide bonds. The molecule has 1 heterocycles. The van der Waals surface area contributed by atoms with Crippen LogP contribution in [0.4, 0.5) is 0 Å². The first kappa shape index (κ1) is 14.1. The van der Waals surface area contributed by atoms with E-state index in [4.69, 9.17) is 0 Å². The molecule has 1 aliphatic rings. The maximum absolute atomic E-state index is 4.60. The van der Waals surface area contributed by atoms with E-state index in [9.17, 15) is 0 Å². The van der Waals surface area contributed by atoms with E-state index in [1.807, 2.05) is 0 Å². The van der Waals surface area contributed by atoms with Gasteiger partial charge in [-0.05, 0) is 12.8 Å². The van der Waals surface area contributed by atoms with Gasteiger partial charge in [-0.1, -0.05) is 27.7 Å². The van der Waals surface area contributed by atoms with Crippen LogP contribution in [0.15, 0.2) is 9.98 Å². The summed E-state index contributed by atoms with van der Waals surface area (Å²) < 4.78 is 0. The lowest BCUT2D eigenvalue weighted by atomic mass is 9.99. The monoisotopic (exact) mass is 308 g/mol. The molecule has 2 nitrogen and oxygen atoms in total. The van der Waals surface area contributed by atoms with Crippen LogP contribution >= 0.6 is 24.0 Å². The van der Waals surface area contributed by atoms with Crippen molar-refractivity contribution in [2.24, 2.45) is 21.8 Å². The molecular weight excluding hydrogens is 287 g/mol. The van der Waals surface area contributed by atoms with E-state index < -0.39 is 0 Å². The Labute approximate surface area is 104 Å². The van der Waals surface area contributed by atoms with Gasteiger partial charge in [0, 0.05) is 18.1 Å². The number of amidine groups is 1. The summed E-state index contributed by atoms with van der Waals surface area (Å²) >= 11 is 0. The first-order valence-electron chi connectivity index (χ1n) is 5.15. The van der Waals surface area contributed by atoms with Gasteiger partial charge in [-0.25, -0.2) is 4.99 Å². The van der Waals surface area contributed by atoms with E-state index in [0.717, 1.165) is 12.3 Å². The second kappa shape index (κ2) is 5.83. The molecular formula is C11H21IN2. The summed E-state index contributed by atoms with van der Waals surface area (Å²) in [7, 11) is 0. The third kappa shape index (κ3) is 3.67. The van der Waals surface area contributed by atoms with Crippen molar-refractivity contribution in [2.75, 3.05) is 0 Å². The lowest BCUT2D eigenvalue weighted by molar-refractivity contribution is 0.705. The fourth-order valence-electron chi connectivity index (χ4n) is 1.44. The quantitative estimate of drug-likeness (QED) is 0.697. The van der Waals surface area contributed by atoms with E-state index in [-0.39, 0.29) is 24.0 Å². The van der Waals surface area contributed by atoms with Crippen LogP contribution in [0.1, 0.15) is 41.0 Å². The maximum atomic E-state index is 4.60. The summed E-state index contributed by atoms with van der Waals surface area (Å²) in [6, 6.07) is 0.423. The number of aliphatic imine (C=N–C) groups is 2. The first-order valence-corrected chi connectivity index (χ1v) is 5.15. The Balaban J connectivity index is 0.00000169. The van der Waals surface area contributed by atoms with Crippen LogP contribution in [-0.2, 0) is 0 Å². The molecule has 0 saturated heterocycles. The molecule has 0 aliphatic carbocycles. The van der Waals surface area contributed by atoms with E-state index in [2.05, 4.69) is 44.6 Å². The van der Waals surface area contributed by atoms with Crippen LogP contribution < -0.4 is 0 Å². The van der Waals surface area contributed by atoms with Crippen molar-refractivity contribution >= 4 is 35.5 Å². The molecule has 0 fully saturated rings. The molecule has 0 aromatic heterocycles. The highest BCUT2D eigenvalue weighted by Gasteiger charge is 2.18. The average Bonchev–Trinajstić information content (AvgIpc) is 2.03. The Bertz CT molecular complexity index is 242. The predicted octanol–water partition coefficient (Wildman–Crippen LogP) is 3.55. The lowest BCUT2D eigenvalue weighted by Crippen LogP contribution is -2.24. The molecule has 0 saturated carbocycles. The fraction of sp³-hybridized carbons (Fsp3) is 0.818. The number of hydrogen-bond acceptors (Lipinski definition) is 2. The van der Waals surface area contributed by atoms with Gasteiger partial charge in [0.2, 0.25) is 0 Å². The minimum Gasteiger partial charge on any atom is -0.267 e. The Morgan fingerprint density at radius 2 is 1.71 bits per heavy atom. The third-order valence-electron chi connectivity index (χ3n) is 2.30. The van der Waals surface area contributed by atoms with Gasteiger partial charge in [0.25, 0.3) is 0 Å². The number of rotatable bonds is 2. The molecule has 1 atom stereocenters. The summed E-state index contributed by atoms with van der Waals surface area (Å²) in [5.41, 5.74) is 1.31. The molecule has 3 heteroatoms. The molecule has 0 spiro atoms. The molecule has 0 N–H and O–H groups in total. The normalized spacial score (nSPS) is 21.8. The van der Waals surface area contributed by atoms with Gasteiger partial charge >= 0.3 is 0 Å². The molecule has 0 aromatic carbocycles. The Morgan fingerprint density at radius 1 is 1.14 bits per heavy atom. The minimum absolute atomic E-state index is 0. The zero-order chi connectivity index (χ0) is 10.0. The third-order valence-corrected chi connectivity index (χ3v) is 2.30. The first-order chi connectivity index (χ1) is 6.00. The summed E-state index contributed by atoms with van der Waals surface area (Å²) in [6.07, 6.45) is 1.04. The molecule has 14 heavy (non-hydrogen) atoms. The summed E-state index contributed by atoms with van der Waals surface area (Å²) in [5.74, 6) is 2.05. The van der Waals surface area contributed by atoms with Gasteiger partial charge in [-0.3, -0.25) is 4.99 Å². The predicted molar refractivity (Wildman–Crippen MR) is 74.0 cm³/mol. The van der Waals surface area contributed by atoms with Crippen molar-refractivity contribution in [3.63, 3.8) is 0 Å². The molecule has 82 valence electrons. The zero-order valence-electron chi connectivity index (χ0n) is 9.74. The van der Waals surface area contributed by atoms with Crippen LogP contribution in [0.2, 0.25) is 0 Å². The summed E-state index contributed by atoms with van der Waals surface area (Å²) in [6.45, 7) is 10.9. The molecule has 0 aromatic rings. The van der Waals surface area contributed by atoms with E-state index in [1.165, 1.54) is 5.71 Å². The molecule has 0 bridgehead atoms. The van der Waals surface area contributed by atoms with E-state index in [1.54, 1.807) is 0 Å². The molecule has 1 aliphatic heterocycles. The van der Waals surface area contributed by atoms with Crippen LogP contribution in [0, 0.1) is 11.8 Å². The topological polar surface area (TPSA) is 24.7 Å². The van der Waals surface area contributed by atoms with Crippen LogP contribution in [0.5, 0.6) is 0 Å². The van der Waals surface area contributed by atoms with Gasteiger partial charge in [0.1, 0.15) is 5.84 Å². The van der Waals surface area contributed by atoms with Crippen LogP contribution in [0.25, 0.3) is 0 Å². The van der Waals surface area contributed by atoms with Gasteiger partial charge in [-0.2, -0.15) is 0 Å². The Hall–Kier alpha value is 0.0700. The minimum atomic E-state index is 0. The molecule has 1 rings (SSSR count). The van der Waals surface area contributed by atoms with Crippen LogP contribution in [-0.4, -0.2) is 17.6 Å². The zero-order valence-corrected chi connectivity index (χ0v) is 12.1. The SMILES string of the molecule is CC1CC(C(C)C)=NC(C(C)C)=N1.I. The second-order valence-corrected chi connectivity index (χ2v) is 4.45. The highest BCUT2D eigenvalue weighted by atomic mass is 127. The van der Waals surface area contributed by atoms with Crippen molar-refractivity contribution in [2.45, 2.75) is 47.1 Å². The van der Waals surface area contributed by atoms with Crippen molar-refractivity contribution in [3.05, 3.63) is 0 Å². The van der Waals surface area contributed by atoms with E-state index in [0.29, 0.717) is 17.9 Å². The Kier molecular flexibility index (Phi) is 5.86. The fourth-order valence-corrected chi connectivity index (χ4v) is 1.44. The summed E-state index contributed by atoms with van der Waals surface area (Å²) in [4.78, 5) is 9.14. The van der Waals surface area contributed by atoms with Crippen molar-refractivity contribution in [1.82, 2.24) is 0 Å². The Morgan fingerprint density at radius 3 is 2.14 bits per heavy atom. The summed E-state index contributed by atoms with van der Waals surface area (Å²) in [5, 5.41) is 0. The van der Waals surface area contributed by atoms with Crippen molar-refractivity contribution < 1.29 is 0 Å². The highest BCUT2D eigenvalue weighted by molar-refractivity contribution is 14.0. The van der Waals surface area contributed by atoms with Gasteiger partial charge in [0.15, 0.2) is 0 Å². The molecule has 1 unspecified atom stereocenters. The molecule has 0 radical (unpaired) electrons. The maximum Gasteiger partial charge on any atom is 0.126 e. The van der Waals surface area contributed by atoms with E-state index >= 15 is 0 Å². The standard InChI is InChI=1S/C11H20N2.HI/c1-7(2)10-6-9(5)12-11(13-10)8(3)4;/h7-9H,6H2,1-5H3;1H. The largest absolute Gasteiger partial charge is 0.267 e. The number of halogens is 1. The van der Waals surface area contributed by atoms with Crippen LogP contribution in [0.3, 0.4) is 0 Å². The second-order valence-electron chi connectivity index (χ2n) is 4.45. The van der Waals surface area contributed by atoms with Crippen molar-refractivity contribution in [3.8, 4) is 0 Å². The van der Waals surface area contributed by atoms with Gasteiger partial charge in [0.05, 0.1) is 6.04 Å². The van der Waals surface area contributed by atoms with Gasteiger partial charge < -0.3 is 0 Å². The average molecular weight is 308 g/mol. The lowest BCUT2D eigenvalue weighted by Gasteiger charge is -2.21. The van der Waals surface area contributed by atoms with Gasteiger partial charge in [-0.15, -0.1) is 24.0 Å². The number of hydrogen-bond donors (Lipinski definition) is 0.